The minimum absolute atomic E-state index is 0. The second-order valence-electron chi connectivity index (χ2n) is 6.57. The van der Waals surface area contributed by atoms with Crippen molar-refractivity contribution in [1.29, 1.82) is 0 Å². The van der Waals surface area contributed by atoms with Gasteiger partial charge in [0.15, 0.2) is 5.96 Å². The van der Waals surface area contributed by atoms with Gasteiger partial charge in [0, 0.05) is 25.7 Å². The third-order valence-electron chi connectivity index (χ3n) is 4.29. The van der Waals surface area contributed by atoms with Gasteiger partial charge in [-0.25, -0.2) is 9.79 Å². The van der Waals surface area contributed by atoms with Crippen LogP contribution in [0.15, 0.2) is 35.3 Å². The van der Waals surface area contributed by atoms with Gasteiger partial charge in [0.05, 0.1) is 13.2 Å². The molecule has 1 aromatic carbocycles. The number of carbonyl (C=O) groups is 1. The van der Waals surface area contributed by atoms with Crippen molar-refractivity contribution in [3.63, 3.8) is 0 Å². The number of carbonyl (C=O) groups excluding carboxylic acids is 1. The molecule has 8 heteroatoms. The summed E-state index contributed by atoms with van der Waals surface area (Å²) < 4.78 is 10.9. The van der Waals surface area contributed by atoms with Crippen LogP contribution in [0.25, 0.3) is 0 Å². The fourth-order valence-electron chi connectivity index (χ4n) is 2.92. The first kappa shape index (κ1) is 24.3. The normalized spacial score (nSPS) is 16.0. The molecule has 1 aliphatic heterocycles. The van der Waals surface area contributed by atoms with Crippen molar-refractivity contribution in [3.05, 3.63) is 30.3 Å². The van der Waals surface area contributed by atoms with Crippen molar-refractivity contribution in [1.82, 2.24) is 15.5 Å². The molecule has 1 aromatic rings. The summed E-state index contributed by atoms with van der Waals surface area (Å²) in [6, 6.07) is 10.1. The van der Waals surface area contributed by atoms with Gasteiger partial charge in [-0.05, 0) is 45.7 Å². The Kier molecular flexibility index (Phi) is 11.7. The summed E-state index contributed by atoms with van der Waals surface area (Å²) in [7, 11) is 0. The average Bonchev–Trinajstić information content (AvgIpc) is 2.68. The van der Waals surface area contributed by atoms with Crippen molar-refractivity contribution in [2.75, 3.05) is 32.8 Å². The Bertz CT molecular complexity index is 592. The maximum absolute atomic E-state index is 11.8. The number of piperidine rings is 1. The zero-order chi connectivity index (χ0) is 19.5. The van der Waals surface area contributed by atoms with Gasteiger partial charge in [0.25, 0.3) is 0 Å². The van der Waals surface area contributed by atoms with Crippen LogP contribution >= 0.6 is 24.0 Å². The van der Waals surface area contributed by atoms with Gasteiger partial charge in [-0.2, -0.15) is 0 Å². The van der Waals surface area contributed by atoms with Crippen LogP contribution < -0.4 is 15.4 Å². The van der Waals surface area contributed by atoms with E-state index in [9.17, 15) is 4.79 Å². The Morgan fingerprint density at radius 1 is 1.25 bits per heavy atom. The number of amides is 1. The highest BCUT2D eigenvalue weighted by molar-refractivity contribution is 14.0. The number of likely N-dealkylation sites (tertiary alicyclic amines) is 1. The van der Waals surface area contributed by atoms with E-state index in [2.05, 4.69) is 15.6 Å². The molecule has 1 heterocycles. The molecule has 1 saturated heterocycles. The van der Waals surface area contributed by atoms with Gasteiger partial charge < -0.3 is 25.0 Å². The molecule has 1 unspecified atom stereocenters. The van der Waals surface area contributed by atoms with E-state index < -0.39 is 0 Å². The minimum atomic E-state index is -0.219. The summed E-state index contributed by atoms with van der Waals surface area (Å²) in [6.07, 6.45) is 1.51. The van der Waals surface area contributed by atoms with Gasteiger partial charge in [0.1, 0.15) is 11.9 Å². The smallest absolute Gasteiger partial charge is 0.409 e. The maximum atomic E-state index is 11.8. The average molecular weight is 504 g/mol. The molecule has 158 valence electrons. The highest BCUT2D eigenvalue weighted by atomic mass is 127. The molecule has 1 aliphatic rings. The predicted molar refractivity (Wildman–Crippen MR) is 123 cm³/mol. The van der Waals surface area contributed by atoms with Gasteiger partial charge in [-0.1, -0.05) is 18.2 Å². The van der Waals surface area contributed by atoms with Crippen LogP contribution in [0.1, 0.15) is 33.6 Å². The number of ether oxygens (including phenoxy) is 2. The Hall–Kier alpha value is -1.71. The van der Waals surface area contributed by atoms with E-state index in [1.165, 1.54) is 0 Å². The maximum Gasteiger partial charge on any atom is 0.409 e. The van der Waals surface area contributed by atoms with Gasteiger partial charge in [-0.3, -0.25) is 0 Å². The minimum Gasteiger partial charge on any atom is -0.489 e. The summed E-state index contributed by atoms with van der Waals surface area (Å²) in [5.41, 5.74) is 0. The number of hydrogen-bond acceptors (Lipinski definition) is 4. The Labute approximate surface area is 185 Å². The number of halogens is 1. The summed E-state index contributed by atoms with van der Waals surface area (Å²) in [4.78, 5) is 18.2. The van der Waals surface area contributed by atoms with Crippen LogP contribution in [0.5, 0.6) is 5.75 Å². The van der Waals surface area contributed by atoms with E-state index in [-0.39, 0.29) is 36.2 Å². The molecule has 1 amide bonds. The quantitative estimate of drug-likeness (QED) is 0.339. The fourth-order valence-corrected chi connectivity index (χ4v) is 2.92. The molecule has 1 fully saturated rings. The molecule has 7 nitrogen and oxygen atoms in total. The third kappa shape index (κ3) is 8.53. The Morgan fingerprint density at radius 2 is 1.93 bits per heavy atom. The Balaban J connectivity index is 0.00000392. The molecule has 0 bridgehead atoms. The van der Waals surface area contributed by atoms with Crippen LogP contribution in [-0.4, -0.2) is 61.9 Å². The number of para-hydroxylation sites is 1. The lowest BCUT2D eigenvalue weighted by molar-refractivity contribution is 0.0963. The van der Waals surface area contributed by atoms with E-state index in [1.807, 2.05) is 51.1 Å². The van der Waals surface area contributed by atoms with Crippen LogP contribution in [-0.2, 0) is 4.74 Å². The van der Waals surface area contributed by atoms with Crippen molar-refractivity contribution < 1.29 is 14.3 Å². The first-order chi connectivity index (χ1) is 13.1. The molecule has 0 aromatic heterocycles. The Morgan fingerprint density at radius 3 is 2.54 bits per heavy atom. The highest BCUT2D eigenvalue weighted by Gasteiger charge is 2.24. The molecule has 2 rings (SSSR count). The lowest BCUT2D eigenvalue weighted by Gasteiger charge is -2.32. The van der Waals surface area contributed by atoms with Crippen LogP contribution in [0.2, 0.25) is 0 Å². The molecule has 0 saturated carbocycles. The van der Waals surface area contributed by atoms with Crippen LogP contribution in [0.4, 0.5) is 4.79 Å². The SMILES string of the molecule is CCNC(=NCC(C)Oc1ccccc1)NC1CCN(C(=O)OCC)CC1.I. The van der Waals surface area contributed by atoms with Crippen molar-refractivity contribution >= 4 is 36.0 Å². The van der Waals surface area contributed by atoms with Crippen LogP contribution in [0, 0.1) is 0 Å². The van der Waals surface area contributed by atoms with Gasteiger partial charge in [0.2, 0.25) is 0 Å². The molecule has 28 heavy (non-hydrogen) atoms. The summed E-state index contributed by atoms with van der Waals surface area (Å²) in [6.45, 7) is 9.05. The number of aliphatic imine (C=N–C) groups is 1. The van der Waals surface area contributed by atoms with E-state index >= 15 is 0 Å². The monoisotopic (exact) mass is 504 g/mol. The molecule has 2 N–H and O–H groups in total. The largest absolute Gasteiger partial charge is 0.489 e. The lowest BCUT2D eigenvalue weighted by atomic mass is 10.1. The second kappa shape index (κ2) is 13.5. The topological polar surface area (TPSA) is 75.2 Å². The van der Waals surface area contributed by atoms with E-state index in [1.54, 1.807) is 4.90 Å². The fraction of sp³-hybridized carbons (Fsp3) is 0.600. The summed E-state index contributed by atoms with van der Waals surface area (Å²) in [5.74, 6) is 1.64. The molecule has 1 atom stereocenters. The number of nitrogens with zero attached hydrogens (tertiary/aromatic N) is 2. The van der Waals surface area contributed by atoms with E-state index in [0.717, 1.165) is 31.1 Å². The predicted octanol–water partition coefficient (Wildman–Crippen LogP) is 3.25. The zero-order valence-corrected chi connectivity index (χ0v) is 19.3. The van der Waals surface area contributed by atoms with Crippen molar-refractivity contribution in [2.45, 2.75) is 45.8 Å². The molecular formula is C20H33IN4O3. The highest BCUT2D eigenvalue weighted by Crippen LogP contribution is 2.12. The molecule has 0 aliphatic carbocycles. The van der Waals surface area contributed by atoms with E-state index in [4.69, 9.17) is 9.47 Å². The molecule has 0 spiro atoms. The van der Waals surface area contributed by atoms with Crippen molar-refractivity contribution in [3.8, 4) is 5.75 Å². The van der Waals surface area contributed by atoms with Gasteiger partial charge >= 0.3 is 6.09 Å². The summed E-state index contributed by atoms with van der Waals surface area (Å²) >= 11 is 0. The first-order valence-electron chi connectivity index (χ1n) is 9.80. The van der Waals surface area contributed by atoms with Gasteiger partial charge in [-0.15, -0.1) is 24.0 Å². The zero-order valence-electron chi connectivity index (χ0n) is 17.0. The molecule has 0 radical (unpaired) electrons. The van der Waals surface area contributed by atoms with Crippen LogP contribution in [0.3, 0.4) is 0 Å². The number of hydrogen-bond donors (Lipinski definition) is 2. The number of nitrogens with one attached hydrogen (secondary N) is 2. The first-order valence-corrected chi connectivity index (χ1v) is 9.80. The van der Waals surface area contributed by atoms with Crippen molar-refractivity contribution in [2.24, 2.45) is 4.99 Å². The number of rotatable bonds is 7. The second-order valence-corrected chi connectivity index (χ2v) is 6.57. The summed E-state index contributed by atoms with van der Waals surface area (Å²) in [5, 5.41) is 6.75. The number of guanidine groups is 1. The van der Waals surface area contributed by atoms with E-state index in [0.29, 0.717) is 32.3 Å². The third-order valence-corrected chi connectivity index (χ3v) is 4.29. The standard InChI is InChI=1S/C20H32N4O3.HI/c1-4-21-19(22-15-16(3)27-18-9-7-6-8-10-18)23-17-11-13-24(14-12-17)20(25)26-5-2;/h6-10,16-17H,4-5,11-15H2,1-3H3,(H2,21,22,23);1H. The number of benzene rings is 1. The molecular weight excluding hydrogens is 471 g/mol. The lowest BCUT2D eigenvalue weighted by Crippen LogP contribution is -2.50.